The number of fused-ring (bicyclic) bond motifs is 6. The lowest BCUT2D eigenvalue weighted by Gasteiger charge is -2.06. The first-order valence-electron chi connectivity index (χ1n) is 9.76. The number of hydrogen-bond acceptors (Lipinski definition) is 2. The van der Waals surface area contributed by atoms with Gasteiger partial charge in [0.15, 0.2) is 5.82 Å². The minimum atomic E-state index is -1.04. The highest BCUT2D eigenvalue weighted by molar-refractivity contribution is 6.16. The van der Waals surface area contributed by atoms with Gasteiger partial charge in [-0.2, -0.15) is 0 Å². The molecule has 0 radical (unpaired) electrons. The van der Waals surface area contributed by atoms with Crippen molar-refractivity contribution in [3.8, 4) is 11.4 Å². The summed E-state index contributed by atoms with van der Waals surface area (Å²) in [7, 11) is 0. The van der Waals surface area contributed by atoms with E-state index in [1.807, 2.05) is 72.8 Å². The molecule has 0 saturated carbocycles. The summed E-state index contributed by atoms with van der Waals surface area (Å²) in [5.41, 5.74) is 2.07. The molecule has 0 saturated heterocycles. The normalized spacial score (nSPS) is 11.6. The van der Waals surface area contributed by atoms with Crippen molar-refractivity contribution in [1.29, 1.82) is 0 Å². The van der Waals surface area contributed by atoms with Gasteiger partial charge < -0.3 is 5.11 Å². The van der Waals surface area contributed by atoms with Crippen LogP contribution in [0.2, 0.25) is 0 Å². The van der Waals surface area contributed by atoms with Crippen molar-refractivity contribution in [2.75, 3.05) is 0 Å². The Hall–Kier alpha value is -4.18. The SMILES string of the molecule is O=C(O)n1c(-c2ccc3ccccc3c2)nc2c3ccc4ccccc4c3ccc21. The van der Waals surface area contributed by atoms with Gasteiger partial charge in [-0.1, -0.05) is 78.9 Å². The van der Waals surface area contributed by atoms with Gasteiger partial charge in [0.1, 0.15) is 0 Å². The summed E-state index contributed by atoms with van der Waals surface area (Å²) in [5, 5.41) is 16.5. The first-order valence-corrected chi connectivity index (χ1v) is 9.76. The van der Waals surface area contributed by atoms with E-state index in [0.717, 1.165) is 37.9 Å². The van der Waals surface area contributed by atoms with Crippen LogP contribution in [-0.4, -0.2) is 20.8 Å². The van der Waals surface area contributed by atoms with Crippen LogP contribution < -0.4 is 0 Å². The van der Waals surface area contributed by atoms with Gasteiger partial charge in [0, 0.05) is 10.9 Å². The summed E-state index contributed by atoms with van der Waals surface area (Å²) >= 11 is 0. The molecule has 0 fully saturated rings. The zero-order valence-corrected chi connectivity index (χ0v) is 15.9. The van der Waals surface area contributed by atoms with Crippen molar-refractivity contribution < 1.29 is 9.90 Å². The van der Waals surface area contributed by atoms with Crippen LogP contribution in [0.25, 0.3) is 54.7 Å². The van der Waals surface area contributed by atoms with Crippen molar-refractivity contribution in [3.63, 3.8) is 0 Å². The van der Waals surface area contributed by atoms with Crippen molar-refractivity contribution >= 4 is 49.4 Å². The van der Waals surface area contributed by atoms with E-state index in [-0.39, 0.29) is 0 Å². The molecule has 1 aromatic heterocycles. The monoisotopic (exact) mass is 388 g/mol. The number of nitrogens with zero attached hydrogens (tertiary/aromatic N) is 2. The highest BCUT2D eigenvalue weighted by Crippen LogP contribution is 2.34. The fraction of sp³-hybridized carbons (Fsp3) is 0. The Kier molecular flexibility index (Phi) is 3.44. The van der Waals surface area contributed by atoms with Crippen LogP contribution >= 0.6 is 0 Å². The summed E-state index contributed by atoms with van der Waals surface area (Å²) in [6.07, 6.45) is -1.04. The highest BCUT2D eigenvalue weighted by atomic mass is 16.4. The Morgan fingerprint density at radius 2 is 1.40 bits per heavy atom. The molecule has 0 atom stereocenters. The van der Waals surface area contributed by atoms with Crippen LogP contribution in [0.5, 0.6) is 0 Å². The Labute approximate surface area is 171 Å². The average Bonchev–Trinajstić information content (AvgIpc) is 3.19. The molecule has 6 aromatic rings. The molecular weight excluding hydrogens is 372 g/mol. The van der Waals surface area contributed by atoms with E-state index < -0.39 is 6.09 Å². The summed E-state index contributed by atoms with van der Waals surface area (Å²) < 4.78 is 1.29. The lowest BCUT2D eigenvalue weighted by atomic mass is 10.0. The number of aromatic nitrogens is 2. The van der Waals surface area contributed by atoms with Gasteiger partial charge in [0.25, 0.3) is 0 Å². The molecule has 0 bridgehead atoms. The average molecular weight is 388 g/mol. The third-order valence-electron chi connectivity index (χ3n) is 5.75. The number of hydrogen-bond donors (Lipinski definition) is 1. The third-order valence-corrected chi connectivity index (χ3v) is 5.75. The van der Waals surface area contributed by atoms with Gasteiger partial charge in [-0.15, -0.1) is 0 Å². The second-order valence-electron chi connectivity index (χ2n) is 7.43. The molecule has 4 nitrogen and oxygen atoms in total. The van der Waals surface area contributed by atoms with Gasteiger partial charge in [0.05, 0.1) is 11.0 Å². The lowest BCUT2D eigenvalue weighted by Crippen LogP contribution is -2.09. The van der Waals surface area contributed by atoms with Crippen LogP contribution in [0.1, 0.15) is 0 Å². The third kappa shape index (κ3) is 2.34. The Balaban J connectivity index is 1.71. The highest BCUT2D eigenvalue weighted by Gasteiger charge is 2.19. The predicted molar refractivity (Wildman–Crippen MR) is 121 cm³/mol. The van der Waals surface area contributed by atoms with E-state index >= 15 is 0 Å². The topological polar surface area (TPSA) is 55.1 Å². The molecule has 0 unspecified atom stereocenters. The Morgan fingerprint density at radius 1 is 0.700 bits per heavy atom. The quantitative estimate of drug-likeness (QED) is 0.319. The maximum Gasteiger partial charge on any atom is 0.417 e. The molecule has 0 aliphatic carbocycles. The van der Waals surface area contributed by atoms with E-state index in [1.165, 1.54) is 4.57 Å². The van der Waals surface area contributed by atoms with Crippen LogP contribution in [0.3, 0.4) is 0 Å². The summed E-state index contributed by atoms with van der Waals surface area (Å²) in [6.45, 7) is 0. The largest absolute Gasteiger partial charge is 0.464 e. The number of carbonyl (C=O) groups is 1. The van der Waals surface area contributed by atoms with E-state index in [9.17, 15) is 9.90 Å². The van der Waals surface area contributed by atoms with Crippen LogP contribution in [0.4, 0.5) is 4.79 Å². The molecule has 30 heavy (non-hydrogen) atoms. The molecule has 5 aromatic carbocycles. The van der Waals surface area contributed by atoms with E-state index in [1.54, 1.807) is 0 Å². The van der Waals surface area contributed by atoms with Gasteiger partial charge >= 0.3 is 6.09 Å². The summed E-state index contributed by atoms with van der Waals surface area (Å²) in [5.74, 6) is 0.434. The summed E-state index contributed by atoms with van der Waals surface area (Å²) in [6, 6.07) is 30.1. The Morgan fingerprint density at radius 3 is 2.23 bits per heavy atom. The maximum atomic E-state index is 12.2. The van der Waals surface area contributed by atoms with Crippen molar-refractivity contribution in [1.82, 2.24) is 9.55 Å². The smallest absolute Gasteiger partial charge is 0.417 e. The molecule has 1 N–H and O–H groups in total. The van der Waals surface area contributed by atoms with Gasteiger partial charge in [-0.25, -0.2) is 14.3 Å². The second kappa shape index (κ2) is 6.16. The van der Waals surface area contributed by atoms with E-state index in [2.05, 4.69) is 18.2 Å². The minimum absolute atomic E-state index is 0.434. The van der Waals surface area contributed by atoms with Crippen LogP contribution in [0.15, 0.2) is 91.0 Å². The number of rotatable bonds is 1. The summed E-state index contributed by atoms with van der Waals surface area (Å²) in [4.78, 5) is 17.0. The molecular formula is C26H16N2O2. The molecule has 6 rings (SSSR count). The fourth-order valence-electron chi connectivity index (χ4n) is 4.34. The van der Waals surface area contributed by atoms with Gasteiger partial charge in [0.2, 0.25) is 0 Å². The predicted octanol–water partition coefficient (Wildman–Crippen LogP) is 6.69. The zero-order valence-electron chi connectivity index (χ0n) is 15.9. The molecule has 4 heteroatoms. The van der Waals surface area contributed by atoms with Crippen molar-refractivity contribution in [3.05, 3.63) is 91.0 Å². The molecule has 0 aliphatic rings. The van der Waals surface area contributed by atoms with Gasteiger partial charge in [-0.3, -0.25) is 0 Å². The second-order valence-corrected chi connectivity index (χ2v) is 7.43. The molecule has 1 heterocycles. The number of imidazole rings is 1. The molecule has 0 amide bonds. The molecule has 142 valence electrons. The zero-order chi connectivity index (χ0) is 20.2. The standard InChI is InChI=1S/C26H16N2O2/c29-26(30)28-23-14-13-21-20-8-4-3-6-17(20)11-12-22(21)24(23)27-25(28)19-10-9-16-5-1-2-7-18(16)15-19/h1-15H,(H,29,30). The fourth-order valence-corrected chi connectivity index (χ4v) is 4.34. The van der Waals surface area contributed by atoms with Crippen LogP contribution in [0, 0.1) is 0 Å². The lowest BCUT2D eigenvalue weighted by molar-refractivity contribution is 0.197. The molecule has 0 aliphatic heterocycles. The number of benzene rings is 5. The van der Waals surface area contributed by atoms with Crippen LogP contribution in [-0.2, 0) is 0 Å². The van der Waals surface area contributed by atoms with Crippen molar-refractivity contribution in [2.24, 2.45) is 0 Å². The Bertz CT molecular complexity index is 1630. The molecule has 0 spiro atoms. The first kappa shape index (κ1) is 16.7. The van der Waals surface area contributed by atoms with E-state index in [0.29, 0.717) is 16.9 Å². The first-order chi connectivity index (χ1) is 14.7. The van der Waals surface area contributed by atoms with Crippen molar-refractivity contribution in [2.45, 2.75) is 0 Å². The maximum absolute atomic E-state index is 12.2. The minimum Gasteiger partial charge on any atom is -0.464 e. The van der Waals surface area contributed by atoms with Gasteiger partial charge in [-0.05, 0) is 39.1 Å². The number of carboxylic acid groups (broad SMARTS) is 1. The van der Waals surface area contributed by atoms with E-state index in [4.69, 9.17) is 4.98 Å².